The lowest BCUT2D eigenvalue weighted by atomic mass is 9.62. The molecule has 16 aromatic rings. The maximum atomic E-state index is 15.0. The molecular formula is C91H56O15S5. The molecule has 0 aliphatic heterocycles. The summed E-state index contributed by atoms with van der Waals surface area (Å²) in [5.74, 6) is -0.376. The average molecular weight is 1550 g/mol. The molecule has 0 fully saturated rings. The highest BCUT2D eigenvalue weighted by atomic mass is 32.2. The molecule has 0 bridgehead atoms. The molecule has 9 aliphatic rings. The van der Waals surface area contributed by atoms with Crippen LogP contribution in [0.5, 0.6) is 0 Å². The summed E-state index contributed by atoms with van der Waals surface area (Å²) >= 11 is 0. The van der Waals surface area contributed by atoms with Gasteiger partial charge in [-0.15, -0.1) is 0 Å². The average Bonchev–Trinajstić information content (AvgIpc) is 0.649. The van der Waals surface area contributed by atoms with E-state index in [1.165, 1.54) is 6.08 Å². The Bertz CT molecular complexity index is 8820. The van der Waals surface area contributed by atoms with Crippen molar-refractivity contribution >= 4 is 245 Å². The molecule has 0 aromatic heterocycles. The van der Waals surface area contributed by atoms with E-state index >= 15 is 0 Å². The second-order valence-electron chi connectivity index (χ2n) is 31.9. The van der Waals surface area contributed by atoms with E-state index in [9.17, 15) is 64.9 Å². The van der Waals surface area contributed by atoms with Gasteiger partial charge in [-0.25, -0.2) is 0 Å². The van der Waals surface area contributed by atoms with Crippen LogP contribution in [0.25, 0.3) is 194 Å². The Morgan fingerprint density at radius 2 is 1.16 bits per heavy atom. The Balaban J connectivity index is 0.834. The first-order valence-electron chi connectivity index (χ1n) is 37.3. The van der Waals surface area contributed by atoms with Crippen LogP contribution < -0.4 is 20.9 Å². The largest absolute Gasteiger partial charge is 0.295 e. The van der Waals surface area contributed by atoms with Gasteiger partial charge in [0, 0.05) is 45.5 Å². The van der Waals surface area contributed by atoms with Crippen LogP contribution in [-0.2, 0) is 82.7 Å². The lowest BCUT2D eigenvalue weighted by molar-refractivity contribution is 0.477. The monoisotopic (exact) mass is 1550 g/mol. The molecule has 0 saturated carbocycles. The van der Waals surface area contributed by atoms with Crippen LogP contribution in [-0.4, -0.2) is 64.9 Å². The second kappa shape index (κ2) is 20.2. The molecule has 5 N–H and O–H groups in total. The third-order valence-corrected chi connectivity index (χ3v) is 31.6. The molecule has 0 heterocycles. The van der Waals surface area contributed by atoms with Gasteiger partial charge in [-0.05, 0) is 326 Å². The molecule has 25 rings (SSSR count). The van der Waals surface area contributed by atoms with Crippen LogP contribution in [0.1, 0.15) is 112 Å². The Kier molecular flexibility index (Phi) is 11.7. The molecule has 0 saturated heterocycles. The Labute approximate surface area is 631 Å². The minimum atomic E-state index is -5.11. The summed E-state index contributed by atoms with van der Waals surface area (Å²) in [6, 6.07) is 34.6. The van der Waals surface area contributed by atoms with Crippen LogP contribution in [0.4, 0.5) is 0 Å². The fourth-order valence-corrected chi connectivity index (χ4v) is 27.1. The molecule has 20 heteroatoms. The molecule has 9 aliphatic carbocycles. The van der Waals surface area contributed by atoms with Crippen molar-refractivity contribution in [2.24, 2.45) is 0 Å². The van der Waals surface area contributed by atoms with Crippen LogP contribution >= 0.6 is 0 Å². The zero-order valence-corrected chi connectivity index (χ0v) is 62.9. The molecule has 0 radical (unpaired) electrons. The fourth-order valence-electron chi connectivity index (χ4n) is 23.1. The van der Waals surface area contributed by atoms with Gasteiger partial charge in [0.25, 0.3) is 50.6 Å². The highest BCUT2D eigenvalue weighted by Gasteiger charge is 2.45. The Morgan fingerprint density at radius 3 is 1.95 bits per heavy atom. The summed E-state index contributed by atoms with van der Waals surface area (Å²) in [5, 5.41) is 19.3. The van der Waals surface area contributed by atoms with E-state index in [2.05, 4.69) is 55.5 Å². The standard InChI is InChI=1S/C91H56O15S5/c1-3-7-37-9-5-12-53-56(37)33-58-61-35-65-69(109(98,99)100)32-42-15-19-52-60-34-59-51-18-14-41-30-67(107(92,93)94)54-20-16-39-27-57(46-21-22-49-47-11-6-10-45-38(8-4-2)26-63-68(108(95,96)97)31-40-13-17-48(46)79(49)72(40)86(63)78(45)47)50-23-24-55(85-81(50)73(39)84(54)74(41)82(51)85)77(59)66-36-70(110(101,102)103)64-29-44-25-43(28-62(58)91(53)111(104,105)106)71(61)89-76(44)90(88(64)80(60)66)83(52)75(42)87(65)89/h5-6,9-17,19-21,24-29,31-35,69,72H,3-4,7-8,18,22-23,30,36H2,1-2H3,(H,92,93,94)(H,95,96,97)(H,98,99,100)(H,101,102,103)(H,104,105,106). The predicted octanol–water partition coefficient (Wildman–Crippen LogP) is 16.7. The number of benzene rings is 16. The van der Waals surface area contributed by atoms with Gasteiger partial charge in [-0.1, -0.05) is 124 Å². The third kappa shape index (κ3) is 7.64. The molecule has 2 unspecified atom stereocenters. The molecule has 0 spiro atoms. The summed E-state index contributed by atoms with van der Waals surface area (Å²) in [4.78, 5) is -0.816. The summed E-state index contributed by atoms with van der Waals surface area (Å²) in [7, 11) is -24.5. The Morgan fingerprint density at radius 1 is 0.423 bits per heavy atom. The molecule has 16 aromatic carbocycles. The normalized spacial score (nSPS) is 18.4. The lowest BCUT2D eigenvalue weighted by Gasteiger charge is -2.41. The fraction of sp³-hybridized carbons (Fsp3) is 0.143. The summed E-state index contributed by atoms with van der Waals surface area (Å²) in [6.07, 6.45) is 17.4. The first kappa shape index (κ1) is 64.1. The van der Waals surface area contributed by atoms with E-state index in [1.807, 2.05) is 67.6 Å². The van der Waals surface area contributed by atoms with E-state index in [0.717, 1.165) is 161 Å². The number of rotatable bonds is 10. The highest BCUT2D eigenvalue weighted by molar-refractivity contribution is 7.95. The Hall–Kier alpha value is -10.6. The van der Waals surface area contributed by atoms with Gasteiger partial charge in [-0.3, -0.25) is 22.8 Å². The van der Waals surface area contributed by atoms with Crippen molar-refractivity contribution in [1.82, 2.24) is 0 Å². The van der Waals surface area contributed by atoms with Crippen LogP contribution in [0, 0.1) is 0 Å². The summed E-state index contributed by atoms with van der Waals surface area (Å²) in [5.41, 5.74) is 14.3. The van der Waals surface area contributed by atoms with E-state index in [0.29, 0.717) is 134 Å². The second-order valence-corrected chi connectivity index (χ2v) is 39.1. The van der Waals surface area contributed by atoms with E-state index in [-0.39, 0.29) is 54.5 Å². The van der Waals surface area contributed by atoms with Crippen molar-refractivity contribution in [1.29, 1.82) is 0 Å². The third-order valence-electron chi connectivity index (χ3n) is 26.8. The first-order chi connectivity index (χ1) is 53.2. The topological polar surface area (TPSA) is 272 Å². The smallest absolute Gasteiger partial charge is 0.285 e. The minimum absolute atomic E-state index is 0.0757. The molecular weight excluding hydrogens is 1490 g/mol. The molecule has 2 atom stereocenters. The highest BCUT2D eigenvalue weighted by Crippen LogP contribution is 2.63. The van der Waals surface area contributed by atoms with Crippen molar-refractivity contribution in [2.45, 2.75) is 87.7 Å². The van der Waals surface area contributed by atoms with Crippen molar-refractivity contribution in [3.05, 3.63) is 238 Å². The van der Waals surface area contributed by atoms with Gasteiger partial charge in [0.2, 0.25) is 0 Å². The summed E-state index contributed by atoms with van der Waals surface area (Å²) < 4.78 is 199. The van der Waals surface area contributed by atoms with E-state index < -0.39 is 55.8 Å². The number of hydrogen-bond acceptors (Lipinski definition) is 10. The minimum Gasteiger partial charge on any atom is -0.285 e. The van der Waals surface area contributed by atoms with Gasteiger partial charge >= 0.3 is 0 Å². The van der Waals surface area contributed by atoms with Gasteiger partial charge < -0.3 is 0 Å². The number of hydrogen-bond donors (Lipinski definition) is 5. The molecule has 0 amide bonds. The van der Waals surface area contributed by atoms with Crippen LogP contribution in [0.3, 0.4) is 0 Å². The summed E-state index contributed by atoms with van der Waals surface area (Å²) in [6.45, 7) is 4.11. The number of allylic oxidation sites excluding steroid dienone is 11. The van der Waals surface area contributed by atoms with Crippen LogP contribution in [0.15, 0.2) is 161 Å². The lowest BCUT2D eigenvalue weighted by Crippen LogP contribution is -2.26. The molecule has 540 valence electrons. The maximum Gasteiger partial charge on any atom is 0.295 e. The zero-order valence-electron chi connectivity index (χ0n) is 58.8. The SMILES string of the molecule is CCCc1cccc2c(S(=O)(=O)O)c3cc4cc5cc6c7c8c(c9c%10c%11c%12c(c9cc8c8ccc9c%13c%14c(cc(c3cc12)c4c%14c5c7c8%13)C(S(=O)(=O)O)C=9)CC=C1CC(S(=O)(=O)O)=c2ccc3cc(C4=CCC5=C7C4=CC=C4C=C(S(=O)(=O)O)c8cc(CCC)c9cccc5c9c8C47)c(c%11c3c2c%121)CC=%10)CC=6S(=O)(=O)O. The molecule has 111 heavy (non-hydrogen) atoms. The van der Waals surface area contributed by atoms with Crippen molar-refractivity contribution in [3.63, 3.8) is 0 Å². The zero-order chi connectivity index (χ0) is 75.3. The van der Waals surface area contributed by atoms with E-state index in [4.69, 9.17) is 0 Å². The van der Waals surface area contributed by atoms with Gasteiger partial charge in [0.15, 0.2) is 0 Å². The quantitative estimate of drug-likeness (QED) is 0.0484. The number of aryl methyl sites for hydroxylation is 2. The molecule has 15 nitrogen and oxygen atoms in total. The van der Waals surface area contributed by atoms with Gasteiger partial charge in [-0.2, -0.15) is 42.1 Å². The predicted molar refractivity (Wildman–Crippen MR) is 443 cm³/mol. The first-order valence-corrected chi connectivity index (χ1v) is 44.5. The van der Waals surface area contributed by atoms with Crippen LogP contribution in [0.2, 0.25) is 0 Å². The number of fused-ring (bicyclic) bond motifs is 9. The van der Waals surface area contributed by atoms with Crippen molar-refractivity contribution < 1.29 is 64.9 Å². The maximum absolute atomic E-state index is 15.0. The van der Waals surface area contributed by atoms with Crippen molar-refractivity contribution in [2.75, 3.05) is 0 Å². The van der Waals surface area contributed by atoms with Crippen molar-refractivity contribution in [3.8, 4) is 0 Å². The van der Waals surface area contributed by atoms with Gasteiger partial charge in [0.05, 0.1) is 9.81 Å². The van der Waals surface area contributed by atoms with E-state index in [1.54, 1.807) is 36.4 Å². The van der Waals surface area contributed by atoms with Gasteiger partial charge in [0.1, 0.15) is 15.1 Å².